The third kappa shape index (κ3) is 6.88. The molecule has 0 aliphatic heterocycles. The summed E-state index contributed by atoms with van der Waals surface area (Å²) in [5, 5.41) is 15.0. The summed E-state index contributed by atoms with van der Waals surface area (Å²) in [5.41, 5.74) is 0.747. The normalized spacial score (nSPS) is 11.6. The average molecular weight is 498 g/mol. The highest BCUT2D eigenvalue weighted by Crippen LogP contribution is 2.26. The fourth-order valence-corrected chi connectivity index (χ4v) is 2.37. The van der Waals surface area contributed by atoms with Crippen LogP contribution in [-0.2, 0) is 6.54 Å². The number of ether oxygens (including phenoxy) is 2. The van der Waals surface area contributed by atoms with E-state index in [1.54, 1.807) is 26.3 Å². The van der Waals surface area contributed by atoms with Gasteiger partial charge in [0.1, 0.15) is 11.9 Å². The van der Waals surface area contributed by atoms with Gasteiger partial charge in [0, 0.05) is 19.2 Å². The molecule has 2 N–H and O–H groups in total. The maximum Gasteiger partial charge on any atom is 0.191 e. The van der Waals surface area contributed by atoms with Crippen LogP contribution in [0.15, 0.2) is 47.5 Å². The van der Waals surface area contributed by atoms with Crippen LogP contribution in [-0.4, -0.2) is 32.8 Å². The Labute approximate surface area is 181 Å². The smallest absolute Gasteiger partial charge is 0.191 e. The fraction of sp³-hybridized carbons (Fsp3) is 0.300. The molecule has 0 amide bonds. The highest BCUT2D eigenvalue weighted by Gasteiger charge is 2.10. The average Bonchev–Trinajstić information content (AvgIpc) is 2.69. The molecule has 8 heteroatoms. The predicted octanol–water partition coefficient (Wildman–Crippen LogP) is 3.46. The van der Waals surface area contributed by atoms with Gasteiger partial charge in [-0.3, -0.25) is 4.99 Å². The lowest BCUT2D eigenvalue weighted by molar-refractivity contribution is 0.213. The molecular weight excluding hydrogens is 474 g/mol. The van der Waals surface area contributed by atoms with Gasteiger partial charge in [-0.1, -0.05) is 18.2 Å². The highest BCUT2D eigenvalue weighted by molar-refractivity contribution is 14.0. The maximum absolute atomic E-state index is 13.9. The summed E-state index contributed by atoms with van der Waals surface area (Å²) in [5.74, 6) is 1.43. The van der Waals surface area contributed by atoms with Crippen molar-refractivity contribution in [3.8, 4) is 17.6 Å². The summed E-state index contributed by atoms with van der Waals surface area (Å²) in [4.78, 5) is 4.12. The first-order chi connectivity index (χ1) is 13.1. The van der Waals surface area contributed by atoms with Gasteiger partial charge in [-0.2, -0.15) is 5.26 Å². The fourth-order valence-electron chi connectivity index (χ4n) is 2.37. The van der Waals surface area contributed by atoms with Crippen molar-refractivity contribution < 1.29 is 13.9 Å². The van der Waals surface area contributed by atoms with Crippen molar-refractivity contribution >= 4 is 29.9 Å². The van der Waals surface area contributed by atoms with Crippen molar-refractivity contribution in [1.82, 2.24) is 10.6 Å². The number of rotatable bonds is 7. The number of benzene rings is 2. The SMILES string of the molecule is CN=C(NCc1ccc(C#N)cc1F)NCC(C)Oc1ccccc1OC.I. The predicted molar refractivity (Wildman–Crippen MR) is 118 cm³/mol. The first-order valence-electron chi connectivity index (χ1n) is 8.50. The molecule has 0 fully saturated rings. The van der Waals surface area contributed by atoms with Crippen LogP contribution in [0.3, 0.4) is 0 Å². The largest absolute Gasteiger partial charge is 0.493 e. The zero-order valence-corrected chi connectivity index (χ0v) is 18.4. The van der Waals surface area contributed by atoms with Gasteiger partial charge in [-0.25, -0.2) is 4.39 Å². The number of methoxy groups -OCH3 is 1. The number of nitriles is 1. The number of aliphatic imine (C=N–C) groups is 1. The van der Waals surface area contributed by atoms with Gasteiger partial charge in [0.25, 0.3) is 0 Å². The molecular formula is C20H24FIN4O2. The maximum atomic E-state index is 13.9. The van der Waals surface area contributed by atoms with E-state index >= 15 is 0 Å². The molecule has 0 aliphatic rings. The molecule has 0 saturated heterocycles. The second-order valence-corrected chi connectivity index (χ2v) is 5.80. The molecule has 2 aromatic rings. The van der Waals surface area contributed by atoms with Crippen LogP contribution in [0, 0.1) is 17.1 Å². The number of hydrogen-bond acceptors (Lipinski definition) is 4. The topological polar surface area (TPSA) is 78.7 Å². The van der Waals surface area contributed by atoms with Crippen molar-refractivity contribution in [1.29, 1.82) is 5.26 Å². The van der Waals surface area contributed by atoms with E-state index < -0.39 is 5.82 Å². The van der Waals surface area contributed by atoms with E-state index in [9.17, 15) is 4.39 Å². The molecule has 0 aliphatic carbocycles. The molecule has 0 bridgehead atoms. The van der Waals surface area contributed by atoms with E-state index in [1.165, 1.54) is 6.07 Å². The summed E-state index contributed by atoms with van der Waals surface area (Å²) in [6, 6.07) is 13.7. The Morgan fingerprint density at radius 1 is 1.21 bits per heavy atom. The Balaban J connectivity index is 0.00000392. The highest BCUT2D eigenvalue weighted by atomic mass is 127. The van der Waals surface area contributed by atoms with E-state index in [0.717, 1.165) is 0 Å². The van der Waals surface area contributed by atoms with Gasteiger partial charge in [0.05, 0.1) is 25.3 Å². The van der Waals surface area contributed by atoms with Crippen LogP contribution >= 0.6 is 24.0 Å². The first-order valence-corrected chi connectivity index (χ1v) is 8.50. The molecule has 2 aromatic carbocycles. The van der Waals surface area contributed by atoms with Crippen LogP contribution in [0.5, 0.6) is 11.5 Å². The van der Waals surface area contributed by atoms with Gasteiger partial charge < -0.3 is 20.1 Å². The molecule has 0 saturated carbocycles. The molecule has 1 unspecified atom stereocenters. The van der Waals surface area contributed by atoms with Gasteiger partial charge in [-0.15, -0.1) is 24.0 Å². The molecule has 2 rings (SSSR count). The Hall–Kier alpha value is -2.54. The summed E-state index contributed by atoms with van der Waals surface area (Å²) in [6.07, 6.45) is -0.147. The van der Waals surface area contributed by atoms with E-state index in [1.807, 2.05) is 37.3 Å². The number of para-hydroxylation sites is 2. The lowest BCUT2D eigenvalue weighted by Crippen LogP contribution is -2.41. The summed E-state index contributed by atoms with van der Waals surface area (Å²) >= 11 is 0. The van der Waals surface area contributed by atoms with Crippen LogP contribution in [0.1, 0.15) is 18.1 Å². The van der Waals surface area contributed by atoms with Crippen molar-refractivity contribution in [2.75, 3.05) is 20.7 Å². The molecule has 0 aromatic heterocycles. The van der Waals surface area contributed by atoms with E-state index in [4.69, 9.17) is 14.7 Å². The molecule has 6 nitrogen and oxygen atoms in total. The summed E-state index contributed by atoms with van der Waals surface area (Å²) < 4.78 is 25.1. The summed E-state index contributed by atoms with van der Waals surface area (Å²) in [7, 11) is 3.23. The number of halogens is 2. The van der Waals surface area contributed by atoms with Crippen molar-refractivity contribution in [2.45, 2.75) is 19.6 Å². The third-order valence-electron chi connectivity index (χ3n) is 3.81. The Morgan fingerprint density at radius 3 is 2.54 bits per heavy atom. The van der Waals surface area contributed by atoms with Crippen LogP contribution in [0.25, 0.3) is 0 Å². The van der Waals surface area contributed by atoms with Crippen molar-refractivity contribution in [3.05, 3.63) is 59.4 Å². The minimum absolute atomic E-state index is 0. The van der Waals surface area contributed by atoms with Gasteiger partial charge in [-0.05, 0) is 31.2 Å². The quantitative estimate of drug-likeness (QED) is 0.348. The van der Waals surface area contributed by atoms with E-state index in [0.29, 0.717) is 35.1 Å². The number of nitrogens with one attached hydrogen (secondary N) is 2. The van der Waals surface area contributed by atoms with Crippen molar-refractivity contribution in [2.24, 2.45) is 4.99 Å². The Bertz CT molecular complexity index is 839. The molecule has 150 valence electrons. The number of guanidine groups is 1. The van der Waals surface area contributed by atoms with Gasteiger partial charge in [0.15, 0.2) is 17.5 Å². The Kier molecular flexibility index (Phi) is 10.1. The Morgan fingerprint density at radius 2 is 1.93 bits per heavy atom. The second-order valence-electron chi connectivity index (χ2n) is 5.80. The van der Waals surface area contributed by atoms with E-state index in [-0.39, 0.29) is 36.6 Å². The van der Waals surface area contributed by atoms with E-state index in [2.05, 4.69) is 15.6 Å². The minimum Gasteiger partial charge on any atom is -0.493 e. The zero-order valence-electron chi connectivity index (χ0n) is 16.0. The molecule has 0 heterocycles. The molecule has 28 heavy (non-hydrogen) atoms. The van der Waals surface area contributed by atoms with Crippen LogP contribution < -0.4 is 20.1 Å². The van der Waals surface area contributed by atoms with Gasteiger partial charge in [0.2, 0.25) is 0 Å². The van der Waals surface area contributed by atoms with Gasteiger partial charge >= 0.3 is 0 Å². The lowest BCUT2D eigenvalue weighted by Gasteiger charge is -2.19. The van der Waals surface area contributed by atoms with Crippen LogP contribution in [0.4, 0.5) is 4.39 Å². The molecule has 0 radical (unpaired) electrons. The monoisotopic (exact) mass is 498 g/mol. The number of nitrogens with zero attached hydrogens (tertiary/aromatic N) is 2. The number of hydrogen-bond donors (Lipinski definition) is 2. The molecule has 0 spiro atoms. The zero-order chi connectivity index (χ0) is 19.6. The third-order valence-corrected chi connectivity index (χ3v) is 3.81. The first kappa shape index (κ1) is 23.5. The standard InChI is InChI=1S/C20H23FN4O2.HI/c1-14(27-19-7-5-4-6-18(19)26-3)12-24-20(23-2)25-13-16-9-8-15(11-22)10-17(16)21;/h4-10,14H,12-13H2,1-3H3,(H2,23,24,25);1H. The summed E-state index contributed by atoms with van der Waals surface area (Å²) in [6.45, 7) is 2.67. The second kappa shape index (κ2) is 12.0. The molecule has 1 atom stereocenters. The minimum atomic E-state index is -0.426. The van der Waals surface area contributed by atoms with Crippen molar-refractivity contribution in [3.63, 3.8) is 0 Å². The van der Waals surface area contributed by atoms with Crippen LogP contribution in [0.2, 0.25) is 0 Å². The lowest BCUT2D eigenvalue weighted by atomic mass is 10.1.